The summed E-state index contributed by atoms with van der Waals surface area (Å²) < 4.78 is 0. The number of rotatable bonds is 5. The predicted molar refractivity (Wildman–Crippen MR) is 70.7 cm³/mol. The van der Waals surface area contributed by atoms with E-state index in [1.54, 1.807) is 0 Å². The lowest BCUT2D eigenvalue weighted by atomic mass is 10.1. The molecule has 0 amide bonds. The molecule has 0 N–H and O–H groups in total. The van der Waals surface area contributed by atoms with Crippen LogP contribution in [0.25, 0.3) is 0 Å². The van der Waals surface area contributed by atoms with Gasteiger partial charge in [-0.3, -0.25) is 0 Å². The summed E-state index contributed by atoms with van der Waals surface area (Å²) in [5.74, 6) is 0. The second-order valence-electron chi connectivity index (χ2n) is 3.40. The van der Waals surface area contributed by atoms with E-state index in [9.17, 15) is 0 Å². The van der Waals surface area contributed by atoms with E-state index in [-0.39, 0.29) is 0 Å². The van der Waals surface area contributed by atoms with E-state index in [4.69, 9.17) is 0 Å². The quantitative estimate of drug-likeness (QED) is 0.432. The predicted octanol–water partition coefficient (Wildman–Crippen LogP) is 3.92. The van der Waals surface area contributed by atoms with Gasteiger partial charge in [0.2, 0.25) is 0 Å². The van der Waals surface area contributed by atoms with Crippen LogP contribution in [-0.2, 0) is 6.42 Å². The Morgan fingerprint density at radius 2 is 1.93 bits per heavy atom. The van der Waals surface area contributed by atoms with Crippen LogP contribution in [0.1, 0.15) is 12.5 Å². The second-order valence-corrected chi connectivity index (χ2v) is 9.77. The van der Waals surface area contributed by atoms with Gasteiger partial charge in [-0.05, 0) is 18.0 Å². The van der Waals surface area contributed by atoms with Crippen LogP contribution in [0.2, 0.25) is 12.1 Å². The molecular weight excluding hydrogens is 252 g/mol. The fourth-order valence-corrected chi connectivity index (χ4v) is 2.71. The van der Waals surface area contributed by atoms with Crippen LogP contribution in [-0.4, -0.2) is 7.42 Å². The summed E-state index contributed by atoms with van der Waals surface area (Å²) in [6, 6.07) is 13.2. The molecule has 0 spiro atoms. The number of hydrogen-bond acceptors (Lipinski definition) is 0. The molecule has 0 heterocycles. The smallest absolute Gasteiger partial charge is 0.118 e. The minimum Gasteiger partial charge on any atom is -0.130 e. The molecule has 2 heteroatoms. The van der Waals surface area contributed by atoms with Crippen molar-refractivity contribution < 1.29 is 0 Å². The molecule has 0 fully saturated rings. The van der Waals surface area contributed by atoms with Crippen molar-refractivity contribution in [3.8, 4) is 0 Å². The third-order valence-electron chi connectivity index (χ3n) is 2.20. The highest BCUT2D eigenvalue weighted by Crippen LogP contribution is 2.08. The van der Waals surface area contributed by atoms with Gasteiger partial charge in [-0.1, -0.05) is 55.5 Å². The molecule has 0 aromatic heterocycles. The molecule has 1 unspecified atom stereocenters. The molecular formula is C12H17BrSi. The highest BCUT2D eigenvalue weighted by molar-refractivity contribution is 9.24. The molecule has 1 atom stereocenters. The minimum absolute atomic E-state index is 0.581. The van der Waals surface area contributed by atoms with Crippen molar-refractivity contribution in [3.05, 3.63) is 48.0 Å². The topological polar surface area (TPSA) is 0 Å². The number of hydrogen-bond donors (Lipinski definition) is 0. The zero-order chi connectivity index (χ0) is 10.2. The van der Waals surface area contributed by atoms with Crippen molar-refractivity contribution in [3.63, 3.8) is 0 Å². The first-order valence-electron chi connectivity index (χ1n) is 5.16. The van der Waals surface area contributed by atoms with Gasteiger partial charge >= 0.3 is 0 Å². The third kappa shape index (κ3) is 4.77. The van der Waals surface area contributed by atoms with E-state index < -0.39 is 7.42 Å². The zero-order valence-corrected chi connectivity index (χ0v) is 11.4. The Kier molecular flexibility index (Phi) is 5.88. The van der Waals surface area contributed by atoms with E-state index in [1.165, 1.54) is 17.7 Å². The van der Waals surface area contributed by atoms with Crippen molar-refractivity contribution in [2.24, 2.45) is 0 Å². The Hall–Kier alpha value is -0.343. The molecule has 0 saturated carbocycles. The van der Waals surface area contributed by atoms with E-state index in [1.807, 2.05) is 0 Å². The molecule has 14 heavy (non-hydrogen) atoms. The van der Waals surface area contributed by atoms with Crippen LogP contribution >= 0.6 is 15.3 Å². The van der Waals surface area contributed by atoms with Crippen LogP contribution in [0.15, 0.2) is 42.5 Å². The molecule has 0 aliphatic rings. The number of allylic oxidation sites excluding steroid dienone is 2. The summed E-state index contributed by atoms with van der Waals surface area (Å²) in [6.07, 6.45) is 5.67. The van der Waals surface area contributed by atoms with Gasteiger partial charge in [-0.15, -0.1) is 15.3 Å². The standard InChI is InChI=1S/C12H17BrSi/c1-2-14(13)11-7-6-10-12-8-4-3-5-9-12/h3-9,14H,2,10-11H2,1H3. The Bertz CT molecular complexity index is 269. The van der Waals surface area contributed by atoms with Crippen molar-refractivity contribution in [2.45, 2.75) is 25.4 Å². The van der Waals surface area contributed by atoms with Gasteiger partial charge in [0.25, 0.3) is 0 Å². The SMILES string of the molecule is CC[SiH](Br)CC=CCc1ccccc1. The largest absolute Gasteiger partial charge is 0.130 e. The molecule has 1 rings (SSSR count). The van der Waals surface area contributed by atoms with Gasteiger partial charge in [0.05, 0.1) is 0 Å². The van der Waals surface area contributed by atoms with E-state index in [0.29, 0.717) is 0 Å². The first kappa shape index (κ1) is 11.7. The highest BCUT2D eigenvalue weighted by atomic mass is 79.9. The Morgan fingerprint density at radius 1 is 1.21 bits per heavy atom. The number of benzene rings is 1. The number of halogens is 1. The monoisotopic (exact) mass is 268 g/mol. The second kappa shape index (κ2) is 7.02. The van der Waals surface area contributed by atoms with E-state index in [2.05, 4.69) is 64.7 Å². The summed E-state index contributed by atoms with van der Waals surface area (Å²) >= 11 is 3.75. The lowest BCUT2D eigenvalue weighted by Gasteiger charge is -1.98. The van der Waals surface area contributed by atoms with Gasteiger partial charge in [-0.25, -0.2) is 0 Å². The molecule has 0 nitrogen and oxygen atoms in total. The first-order valence-corrected chi connectivity index (χ1v) is 9.97. The van der Waals surface area contributed by atoms with Gasteiger partial charge in [-0.2, -0.15) is 0 Å². The summed E-state index contributed by atoms with van der Waals surface area (Å²) in [6.45, 7) is 2.26. The highest BCUT2D eigenvalue weighted by Gasteiger charge is 1.97. The van der Waals surface area contributed by atoms with Gasteiger partial charge in [0, 0.05) is 0 Å². The summed E-state index contributed by atoms with van der Waals surface area (Å²) in [4.78, 5) is 0. The molecule has 0 aliphatic heterocycles. The van der Waals surface area contributed by atoms with Gasteiger partial charge in [0.1, 0.15) is 7.42 Å². The van der Waals surface area contributed by atoms with E-state index >= 15 is 0 Å². The lowest BCUT2D eigenvalue weighted by molar-refractivity contribution is 1.26. The molecule has 0 bridgehead atoms. The Labute approximate surface area is 96.2 Å². The summed E-state index contributed by atoms with van der Waals surface area (Å²) in [5, 5.41) is 0. The Balaban J connectivity index is 2.27. The van der Waals surface area contributed by atoms with Crippen molar-refractivity contribution in [2.75, 3.05) is 0 Å². The van der Waals surface area contributed by atoms with Gasteiger partial charge < -0.3 is 0 Å². The van der Waals surface area contributed by atoms with Crippen molar-refractivity contribution >= 4 is 22.7 Å². The maximum absolute atomic E-state index is 3.75. The molecule has 0 saturated heterocycles. The van der Waals surface area contributed by atoms with Crippen LogP contribution in [0, 0.1) is 0 Å². The third-order valence-corrected chi connectivity index (χ3v) is 6.93. The van der Waals surface area contributed by atoms with Gasteiger partial charge in [0.15, 0.2) is 0 Å². The first-order chi connectivity index (χ1) is 6.83. The molecule has 0 aliphatic carbocycles. The van der Waals surface area contributed by atoms with Crippen molar-refractivity contribution in [1.29, 1.82) is 0 Å². The molecule has 0 radical (unpaired) electrons. The zero-order valence-electron chi connectivity index (χ0n) is 8.62. The average molecular weight is 269 g/mol. The van der Waals surface area contributed by atoms with Crippen LogP contribution in [0.4, 0.5) is 0 Å². The lowest BCUT2D eigenvalue weighted by Crippen LogP contribution is -1.96. The minimum atomic E-state index is -0.581. The van der Waals surface area contributed by atoms with Crippen molar-refractivity contribution in [1.82, 2.24) is 0 Å². The maximum Gasteiger partial charge on any atom is 0.118 e. The maximum atomic E-state index is 3.75. The Morgan fingerprint density at radius 3 is 2.57 bits per heavy atom. The van der Waals surface area contributed by atoms with Crippen LogP contribution in [0.5, 0.6) is 0 Å². The fraction of sp³-hybridized carbons (Fsp3) is 0.333. The van der Waals surface area contributed by atoms with E-state index in [0.717, 1.165) is 6.42 Å². The molecule has 1 aromatic carbocycles. The normalized spacial score (nSPS) is 13.3. The van der Waals surface area contributed by atoms with Crippen LogP contribution < -0.4 is 0 Å². The molecule has 76 valence electrons. The summed E-state index contributed by atoms with van der Waals surface area (Å²) in [7, 11) is -0.581. The van der Waals surface area contributed by atoms with Crippen LogP contribution in [0.3, 0.4) is 0 Å². The molecule has 1 aromatic rings. The summed E-state index contributed by atoms with van der Waals surface area (Å²) in [5.41, 5.74) is 1.40. The average Bonchev–Trinajstić information content (AvgIpc) is 2.25. The fourth-order valence-electron chi connectivity index (χ4n) is 1.24.